The first-order valence-electron chi connectivity index (χ1n) is 9.07. The molecule has 7 heteroatoms. The van der Waals surface area contributed by atoms with E-state index < -0.39 is 6.09 Å². The fourth-order valence-electron chi connectivity index (χ4n) is 2.75. The van der Waals surface area contributed by atoms with Gasteiger partial charge >= 0.3 is 12.1 Å². The Labute approximate surface area is 168 Å². The van der Waals surface area contributed by atoms with Gasteiger partial charge in [0.2, 0.25) is 0 Å². The minimum absolute atomic E-state index is 0.194. The summed E-state index contributed by atoms with van der Waals surface area (Å²) in [6.07, 6.45) is 2.83. The summed E-state index contributed by atoms with van der Waals surface area (Å²) in [5, 5.41) is 11.2. The molecule has 2 rings (SSSR count). The van der Waals surface area contributed by atoms with Crippen molar-refractivity contribution in [2.45, 2.75) is 52.1 Å². The van der Waals surface area contributed by atoms with E-state index in [0.29, 0.717) is 19.4 Å². The number of alkyl carbamates (subject to hydrolysis) is 1. The SMILES string of the molecule is COC(=O)CCCCCNC(=O)OC(Cc1cscc1C)c1cscc1C. The van der Waals surface area contributed by atoms with Crippen LogP contribution in [0.1, 0.15) is 54.0 Å². The monoisotopic (exact) mass is 409 g/mol. The summed E-state index contributed by atoms with van der Waals surface area (Å²) in [7, 11) is 1.39. The van der Waals surface area contributed by atoms with Gasteiger partial charge in [0.15, 0.2) is 0 Å². The third-order valence-corrected chi connectivity index (χ3v) is 6.20. The topological polar surface area (TPSA) is 64.6 Å². The van der Waals surface area contributed by atoms with Gasteiger partial charge in [-0.15, -0.1) is 0 Å². The first-order valence-corrected chi connectivity index (χ1v) is 11.0. The highest BCUT2D eigenvalue weighted by molar-refractivity contribution is 7.08. The van der Waals surface area contributed by atoms with Crippen molar-refractivity contribution in [1.82, 2.24) is 5.32 Å². The lowest BCUT2D eigenvalue weighted by molar-refractivity contribution is -0.140. The molecule has 0 bridgehead atoms. The molecule has 0 aromatic carbocycles. The number of aryl methyl sites for hydroxylation is 2. The Balaban J connectivity index is 1.82. The van der Waals surface area contributed by atoms with Gasteiger partial charge < -0.3 is 14.8 Å². The second-order valence-electron chi connectivity index (χ2n) is 6.50. The Kier molecular flexibility index (Phi) is 8.81. The maximum Gasteiger partial charge on any atom is 0.407 e. The number of nitrogens with one attached hydrogen (secondary N) is 1. The van der Waals surface area contributed by atoms with Crippen LogP contribution in [0.3, 0.4) is 0 Å². The van der Waals surface area contributed by atoms with Crippen LogP contribution in [0.4, 0.5) is 4.79 Å². The number of ether oxygens (including phenoxy) is 2. The molecule has 1 N–H and O–H groups in total. The van der Waals surface area contributed by atoms with Crippen LogP contribution in [0.2, 0.25) is 0 Å². The number of amides is 1. The van der Waals surface area contributed by atoms with Gasteiger partial charge in [-0.05, 0) is 64.9 Å². The number of rotatable bonds is 10. The quantitative estimate of drug-likeness (QED) is 0.434. The van der Waals surface area contributed by atoms with Crippen molar-refractivity contribution in [2.75, 3.05) is 13.7 Å². The van der Waals surface area contributed by atoms with E-state index in [1.165, 1.54) is 18.2 Å². The van der Waals surface area contributed by atoms with Gasteiger partial charge in [0, 0.05) is 24.9 Å². The van der Waals surface area contributed by atoms with Crippen molar-refractivity contribution in [2.24, 2.45) is 0 Å². The van der Waals surface area contributed by atoms with Gasteiger partial charge in [0.1, 0.15) is 6.10 Å². The summed E-state index contributed by atoms with van der Waals surface area (Å²) in [5.41, 5.74) is 4.66. The number of hydrogen-bond donors (Lipinski definition) is 1. The number of carbonyl (C=O) groups is 2. The summed E-state index contributed by atoms with van der Waals surface area (Å²) in [4.78, 5) is 23.3. The maximum atomic E-state index is 12.3. The second-order valence-corrected chi connectivity index (χ2v) is 7.99. The zero-order valence-electron chi connectivity index (χ0n) is 16.1. The normalized spacial score (nSPS) is 11.8. The number of methoxy groups -OCH3 is 1. The van der Waals surface area contributed by atoms with Crippen molar-refractivity contribution in [1.29, 1.82) is 0 Å². The van der Waals surface area contributed by atoms with Crippen LogP contribution >= 0.6 is 22.7 Å². The highest BCUT2D eigenvalue weighted by Crippen LogP contribution is 2.30. The number of unbranched alkanes of at least 4 members (excludes halogenated alkanes) is 2. The molecule has 27 heavy (non-hydrogen) atoms. The largest absolute Gasteiger partial charge is 0.469 e. The Morgan fingerprint density at radius 1 is 1.04 bits per heavy atom. The van der Waals surface area contributed by atoms with E-state index in [9.17, 15) is 9.59 Å². The lowest BCUT2D eigenvalue weighted by Crippen LogP contribution is -2.27. The predicted molar refractivity (Wildman–Crippen MR) is 110 cm³/mol. The number of carbonyl (C=O) groups excluding carboxylic acids is 2. The van der Waals surface area contributed by atoms with E-state index in [1.54, 1.807) is 22.7 Å². The molecule has 0 aliphatic carbocycles. The van der Waals surface area contributed by atoms with Crippen LogP contribution in [-0.4, -0.2) is 25.7 Å². The van der Waals surface area contributed by atoms with E-state index in [2.05, 4.69) is 38.5 Å². The summed E-state index contributed by atoms with van der Waals surface area (Å²) in [6, 6.07) is 0. The molecular weight excluding hydrogens is 382 g/mol. The Hall–Kier alpha value is -1.86. The average molecular weight is 410 g/mol. The zero-order valence-corrected chi connectivity index (χ0v) is 17.7. The van der Waals surface area contributed by atoms with Crippen LogP contribution in [0, 0.1) is 13.8 Å². The van der Waals surface area contributed by atoms with Gasteiger partial charge in [-0.3, -0.25) is 4.79 Å². The van der Waals surface area contributed by atoms with Gasteiger partial charge in [-0.25, -0.2) is 4.79 Å². The smallest absolute Gasteiger partial charge is 0.407 e. The molecule has 1 atom stereocenters. The number of hydrogen-bond acceptors (Lipinski definition) is 6. The average Bonchev–Trinajstić information content (AvgIpc) is 3.25. The number of thiophene rings is 2. The van der Waals surface area contributed by atoms with Gasteiger partial charge in [0.25, 0.3) is 0 Å². The third-order valence-electron chi connectivity index (χ3n) is 4.41. The summed E-state index contributed by atoms with van der Waals surface area (Å²) in [5.74, 6) is -0.194. The Morgan fingerprint density at radius 2 is 1.78 bits per heavy atom. The molecule has 5 nitrogen and oxygen atoms in total. The van der Waals surface area contributed by atoms with E-state index in [0.717, 1.165) is 30.4 Å². The first-order chi connectivity index (χ1) is 13.0. The number of esters is 1. The molecule has 0 fully saturated rings. The van der Waals surface area contributed by atoms with Crippen molar-refractivity contribution in [3.05, 3.63) is 43.8 Å². The molecule has 0 saturated carbocycles. The molecule has 2 heterocycles. The second kappa shape index (κ2) is 11.1. The Bertz CT molecular complexity index is 738. The van der Waals surface area contributed by atoms with Crippen molar-refractivity contribution in [3.8, 4) is 0 Å². The molecular formula is C20H27NO4S2. The first kappa shape index (κ1) is 21.4. The molecule has 0 spiro atoms. The standard InChI is InChI=1S/C20H27NO4S2/c1-14-10-26-12-16(14)9-18(17-13-27-11-15(17)2)25-20(23)21-8-6-4-5-7-19(22)24-3/h10-13,18H,4-9H2,1-3H3,(H,21,23). The minimum atomic E-state index is -0.397. The summed E-state index contributed by atoms with van der Waals surface area (Å²) < 4.78 is 10.4. The summed E-state index contributed by atoms with van der Waals surface area (Å²) >= 11 is 3.29. The molecule has 0 aliphatic rings. The molecule has 0 saturated heterocycles. The van der Waals surface area contributed by atoms with Crippen LogP contribution in [-0.2, 0) is 20.7 Å². The van der Waals surface area contributed by atoms with Crippen LogP contribution in [0.25, 0.3) is 0 Å². The molecule has 0 aliphatic heterocycles. The lowest BCUT2D eigenvalue weighted by Gasteiger charge is -2.19. The van der Waals surface area contributed by atoms with Crippen LogP contribution < -0.4 is 5.32 Å². The van der Waals surface area contributed by atoms with Crippen molar-refractivity contribution in [3.63, 3.8) is 0 Å². The molecule has 1 unspecified atom stereocenters. The van der Waals surface area contributed by atoms with Gasteiger partial charge in [-0.1, -0.05) is 6.42 Å². The third kappa shape index (κ3) is 6.99. The van der Waals surface area contributed by atoms with Gasteiger partial charge in [-0.2, -0.15) is 22.7 Å². The van der Waals surface area contributed by atoms with Crippen LogP contribution in [0.15, 0.2) is 21.5 Å². The van der Waals surface area contributed by atoms with Gasteiger partial charge in [0.05, 0.1) is 7.11 Å². The van der Waals surface area contributed by atoms with E-state index >= 15 is 0 Å². The fraction of sp³-hybridized carbons (Fsp3) is 0.500. The molecule has 148 valence electrons. The molecule has 2 aromatic heterocycles. The minimum Gasteiger partial charge on any atom is -0.469 e. The lowest BCUT2D eigenvalue weighted by atomic mass is 10.0. The van der Waals surface area contributed by atoms with Crippen LogP contribution in [0.5, 0.6) is 0 Å². The summed E-state index contributed by atoms with van der Waals surface area (Å²) in [6.45, 7) is 4.66. The van der Waals surface area contributed by atoms with E-state index in [4.69, 9.17) is 4.74 Å². The van der Waals surface area contributed by atoms with Crippen molar-refractivity contribution < 1.29 is 19.1 Å². The Morgan fingerprint density at radius 3 is 2.41 bits per heavy atom. The molecule has 1 amide bonds. The maximum absolute atomic E-state index is 12.3. The molecule has 0 radical (unpaired) electrons. The van der Waals surface area contributed by atoms with E-state index in [-0.39, 0.29) is 12.1 Å². The highest BCUT2D eigenvalue weighted by atomic mass is 32.1. The zero-order chi connectivity index (χ0) is 19.6. The highest BCUT2D eigenvalue weighted by Gasteiger charge is 2.21. The fourth-order valence-corrected chi connectivity index (χ4v) is 4.51. The van der Waals surface area contributed by atoms with E-state index in [1.807, 2.05) is 6.92 Å². The van der Waals surface area contributed by atoms with Crippen molar-refractivity contribution >= 4 is 34.7 Å². The molecule has 2 aromatic rings. The predicted octanol–water partition coefficient (Wildman–Crippen LogP) is 5.17.